The number of likely N-dealkylation sites (tertiary alicyclic amines) is 1. The summed E-state index contributed by atoms with van der Waals surface area (Å²) in [5.41, 5.74) is 0.998. The highest BCUT2D eigenvalue weighted by Gasteiger charge is 2.26. The zero-order valence-electron chi connectivity index (χ0n) is 12.7. The van der Waals surface area contributed by atoms with Crippen LogP contribution in [0.2, 0.25) is 10.0 Å². The average molecular weight is 345 g/mol. The SMILES string of the molecule is CC(O)C1CCCN(C(=O)NCCc2cc(Cl)cc(Cl)c2)C1. The van der Waals surface area contributed by atoms with Crippen molar-refractivity contribution in [2.45, 2.75) is 32.3 Å². The summed E-state index contributed by atoms with van der Waals surface area (Å²) in [7, 11) is 0. The molecule has 2 rings (SSSR count). The van der Waals surface area contributed by atoms with E-state index in [0.717, 1.165) is 24.9 Å². The van der Waals surface area contributed by atoms with E-state index in [1.54, 1.807) is 17.9 Å². The van der Waals surface area contributed by atoms with Crippen molar-refractivity contribution in [2.75, 3.05) is 19.6 Å². The van der Waals surface area contributed by atoms with Crippen molar-refractivity contribution in [1.82, 2.24) is 10.2 Å². The summed E-state index contributed by atoms with van der Waals surface area (Å²) in [6.07, 6.45) is 2.22. The van der Waals surface area contributed by atoms with Crippen LogP contribution in [0.5, 0.6) is 0 Å². The second-order valence-electron chi connectivity index (χ2n) is 5.85. The van der Waals surface area contributed by atoms with Gasteiger partial charge in [0, 0.05) is 35.6 Å². The topological polar surface area (TPSA) is 52.6 Å². The van der Waals surface area contributed by atoms with Crippen LogP contribution in [0.25, 0.3) is 0 Å². The first-order chi connectivity index (χ1) is 10.5. The molecule has 2 unspecified atom stereocenters. The molecule has 0 radical (unpaired) electrons. The number of amides is 2. The van der Waals surface area contributed by atoms with Gasteiger partial charge in [0.1, 0.15) is 0 Å². The summed E-state index contributed by atoms with van der Waals surface area (Å²) in [5, 5.41) is 13.8. The first-order valence-electron chi connectivity index (χ1n) is 7.61. The van der Waals surface area contributed by atoms with Gasteiger partial charge in [-0.3, -0.25) is 0 Å². The number of benzene rings is 1. The maximum atomic E-state index is 12.2. The van der Waals surface area contributed by atoms with E-state index in [2.05, 4.69) is 5.32 Å². The van der Waals surface area contributed by atoms with Crippen molar-refractivity contribution < 1.29 is 9.90 Å². The minimum atomic E-state index is -0.371. The highest BCUT2D eigenvalue weighted by Crippen LogP contribution is 2.20. The Morgan fingerprint density at radius 2 is 2.09 bits per heavy atom. The number of nitrogens with one attached hydrogen (secondary N) is 1. The van der Waals surface area contributed by atoms with Gasteiger partial charge < -0.3 is 15.3 Å². The Hall–Kier alpha value is -0.970. The minimum absolute atomic E-state index is 0.0709. The van der Waals surface area contributed by atoms with Crippen LogP contribution in [-0.2, 0) is 6.42 Å². The van der Waals surface area contributed by atoms with Crippen LogP contribution in [-0.4, -0.2) is 41.8 Å². The second kappa shape index (κ2) is 8.04. The fourth-order valence-electron chi connectivity index (χ4n) is 2.77. The molecule has 1 aromatic carbocycles. The molecule has 22 heavy (non-hydrogen) atoms. The van der Waals surface area contributed by atoms with E-state index in [1.807, 2.05) is 12.1 Å². The Kier molecular flexibility index (Phi) is 6.36. The summed E-state index contributed by atoms with van der Waals surface area (Å²) < 4.78 is 0. The average Bonchev–Trinajstić information content (AvgIpc) is 2.46. The zero-order valence-corrected chi connectivity index (χ0v) is 14.2. The molecule has 1 saturated heterocycles. The number of aliphatic hydroxyl groups excluding tert-OH is 1. The van der Waals surface area contributed by atoms with E-state index in [9.17, 15) is 9.90 Å². The number of piperidine rings is 1. The molecular weight excluding hydrogens is 323 g/mol. The largest absolute Gasteiger partial charge is 0.393 e. The number of hydrogen-bond acceptors (Lipinski definition) is 2. The van der Waals surface area contributed by atoms with E-state index in [4.69, 9.17) is 23.2 Å². The first kappa shape index (κ1) is 17.4. The van der Waals surface area contributed by atoms with Crippen LogP contribution >= 0.6 is 23.2 Å². The first-order valence-corrected chi connectivity index (χ1v) is 8.37. The number of nitrogens with zero attached hydrogens (tertiary/aromatic N) is 1. The molecule has 4 nitrogen and oxygen atoms in total. The van der Waals surface area contributed by atoms with Crippen LogP contribution in [0.1, 0.15) is 25.3 Å². The number of halogens is 2. The number of carbonyl (C=O) groups excluding carboxylic acids is 1. The van der Waals surface area contributed by atoms with Crippen molar-refractivity contribution in [2.24, 2.45) is 5.92 Å². The molecule has 1 heterocycles. The molecular formula is C16H22Cl2N2O2. The van der Waals surface area contributed by atoms with E-state index < -0.39 is 0 Å². The lowest BCUT2D eigenvalue weighted by Gasteiger charge is -2.34. The number of hydrogen-bond donors (Lipinski definition) is 2. The van der Waals surface area contributed by atoms with Gasteiger partial charge in [0.05, 0.1) is 6.10 Å². The Balaban J connectivity index is 1.80. The molecule has 1 aliphatic rings. The minimum Gasteiger partial charge on any atom is -0.393 e. The highest BCUT2D eigenvalue weighted by molar-refractivity contribution is 6.34. The molecule has 6 heteroatoms. The predicted molar refractivity (Wildman–Crippen MR) is 89.5 cm³/mol. The van der Waals surface area contributed by atoms with Gasteiger partial charge >= 0.3 is 6.03 Å². The Labute approximate surface area is 141 Å². The molecule has 2 amide bonds. The normalized spacial score (nSPS) is 19.8. The van der Waals surface area contributed by atoms with Crippen molar-refractivity contribution in [3.63, 3.8) is 0 Å². The summed E-state index contributed by atoms with van der Waals surface area (Å²) in [5.74, 6) is 0.172. The molecule has 0 saturated carbocycles. The van der Waals surface area contributed by atoms with Crippen molar-refractivity contribution in [3.8, 4) is 0 Å². The van der Waals surface area contributed by atoms with Gasteiger partial charge in [-0.2, -0.15) is 0 Å². The molecule has 1 aliphatic heterocycles. The van der Waals surface area contributed by atoms with Crippen molar-refractivity contribution in [1.29, 1.82) is 0 Å². The monoisotopic (exact) mass is 344 g/mol. The fourth-order valence-corrected chi connectivity index (χ4v) is 3.34. The van der Waals surface area contributed by atoms with Gasteiger partial charge in [0.2, 0.25) is 0 Å². The van der Waals surface area contributed by atoms with Crippen LogP contribution in [0.15, 0.2) is 18.2 Å². The maximum absolute atomic E-state index is 12.2. The summed E-state index contributed by atoms with van der Waals surface area (Å²) >= 11 is 11.9. The van der Waals surface area contributed by atoms with Gasteiger partial charge in [0.25, 0.3) is 0 Å². The Morgan fingerprint density at radius 1 is 1.41 bits per heavy atom. The van der Waals surface area contributed by atoms with Crippen molar-refractivity contribution in [3.05, 3.63) is 33.8 Å². The van der Waals surface area contributed by atoms with Crippen molar-refractivity contribution >= 4 is 29.2 Å². The standard InChI is InChI=1S/C16H22Cl2N2O2/c1-11(21)13-3-2-6-20(10-13)16(22)19-5-4-12-7-14(17)9-15(18)8-12/h7-9,11,13,21H,2-6,10H2,1H3,(H,19,22). The summed E-state index contributed by atoms with van der Waals surface area (Å²) in [6.45, 7) is 3.69. The quantitative estimate of drug-likeness (QED) is 0.879. The third-order valence-electron chi connectivity index (χ3n) is 4.04. The molecule has 2 N–H and O–H groups in total. The van der Waals surface area contributed by atoms with Crippen LogP contribution < -0.4 is 5.32 Å². The lowest BCUT2D eigenvalue weighted by Crippen LogP contribution is -2.47. The third kappa shape index (κ3) is 5.04. The van der Waals surface area contributed by atoms with Gasteiger partial charge in [-0.15, -0.1) is 0 Å². The van der Waals surface area contributed by atoms with Gasteiger partial charge in [-0.05, 0) is 49.9 Å². The highest BCUT2D eigenvalue weighted by atomic mass is 35.5. The molecule has 0 aliphatic carbocycles. The van der Waals surface area contributed by atoms with E-state index in [1.165, 1.54) is 0 Å². The molecule has 1 aromatic rings. The molecule has 122 valence electrons. The molecule has 2 atom stereocenters. The third-order valence-corrected chi connectivity index (χ3v) is 4.48. The molecule has 0 spiro atoms. The summed E-state index contributed by atoms with van der Waals surface area (Å²) in [4.78, 5) is 14.0. The maximum Gasteiger partial charge on any atom is 0.317 e. The van der Waals surface area contributed by atoms with E-state index in [0.29, 0.717) is 29.6 Å². The number of rotatable bonds is 4. The van der Waals surface area contributed by atoms with Gasteiger partial charge in [-0.1, -0.05) is 23.2 Å². The van der Waals surface area contributed by atoms with Gasteiger partial charge in [-0.25, -0.2) is 4.79 Å². The molecule has 0 bridgehead atoms. The smallest absolute Gasteiger partial charge is 0.317 e. The Morgan fingerprint density at radius 3 is 2.73 bits per heavy atom. The van der Waals surface area contributed by atoms with Crippen LogP contribution in [0.3, 0.4) is 0 Å². The number of aliphatic hydroxyl groups is 1. The lowest BCUT2D eigenvalue weighted by molar-refractivity contribution is 0.0740. The lowest BCUT2D eigenvalue weighted by atomic mass is 9.94. The van der Waals surface area contributed by atoms with Crippen LogP contribution in [0.4, 0.5) is 4.79 Å². The predicted octanol–water partition coefficient (Wildman–Crippen LogP) is 3.34. The Bertz CT molecular complexity index is 503. The number of carbonyl (C=O) groups is 1. The van der Waals surface area contributed by atoms with E-state index >= 15 is 0 Å². The zero-order chi connectivity index (χ0) is 16.1. The fraction of sp³-hybridized carbons (Fsp3) is 0.562. The number of urea groups is 1. The summed E-state index contributed by atoms with van der Waals surface area (Å²) in [6, 6.07) is 5.32. The molecule has 1 fully saturated rings. The molecule has 0 aromatic heterocycles. The van der Waals surface area contributed by atoms with E-state index in [-0.39, 0.29) is 18.1 Å². The van der Waals surface area contributed by atoms with Crippen LogP contribution in [0, 0.1) is 5.92 Å². The van der Waals surface area contributed by atoms with Gasteiger partial charge in [0.15, 0.2) is 0 Å². The second-order valence-corrected chi connectivity index (χ2v) is 6.72.